The van der Waals surface area contributed by atoms with Crippen molar-refractivity contribution in [3.8, 4) is 17.0 Å². The summed E-state index contributed by atoms with van der Waals surface area (Å²) in [5.41, 5.74) is -7.13. The van der Waals surface area contributed by atoms with Gasteiger partial charge in [0.2, 0.25) is 5.82 Å². The molecule has 0 radical (unpaired) electrons. The molecule has 2 aliphatic rings. The van der Waals surface area contributed by atoms with Crippen molar-refractivity contribution in [1.82, 2.24) is 20.0 Å². The van der Waals surface area contributed by atoms with Crippen LogP contribution in [0.2, 0.25) is 0 Å². The van der Waals surface area contributed by atoms with Crippen molar-refractivity contribution in [3.63, 3.8) is 0 Å². The zero-order valence-corrected chi connectivity index (χ0v) is 28.5. The van der Waals surface area contributed by atoms with E-state index < -0.39 is 99.1 Å². The Hall–Kier alpha value is -5.33. The number of nitrogens with one attached hydrogen (secondary N) is 1. The normalized spacial score (nSPS) is 16.3. The van der Waals surface area contributed by atoms with Crippen LogP contribution in [-0.2, 0) is 33.3 Å². The second kappa shape index (κ2) is 15.6. The number of unbranched alkanes of at least 4 members (excludes halogenated alkanes) is 2. The van der Waals surface area contributed by atoms with Gasteiger partial charge in [0.05, 0.1) is 35.6 Å². The Morgan fingerprint density at radius 3 is 2.30 bits per heavy atom. The molecule has 3 N–H and O–H groups in total. The molecule has 0 bridgehead atoms. The number of carboxylic acids is 1. The second-order valence-electron chi connectivity index (χ2n) is 12.8. The highest BCUT2D eigenvalue weighted by molar-refractivity contribution is 6.24. The SMILES string of the molecule is CN1N(Cc2ccc(OCCCCCC(=O)O)c(F)c2F)C(=O)C(C(=O)Nc2ccc(C(F)(F)F)cc2-c2cc(C(F)(F)F)ncn2)=C(O)C12CCCC2. The molecule has 11 nitrogen and oxygen atoms in total. The summed E-state index contributed by atoms with van der Waals surface area (Å²) in [6, 6.07) is 4.43. The van der Waals surface area contributed by atoms with E-state index in [9.17, 15) is 45.8 Å². The maximum atomic E-state index is 15.4. The summed E-state index contributed by atoms with van der Waals surface area (Å²) in [7, 11) is 1.41. The Kier molecular flexibility index (Phi) is 11.5. The molecule has 54 heavy (non-hydrogen) atoms. The quantitative estimate of drug-likeness (QED) is 0.0973. The fourth-order valence-electron chi connectivity index (χ4n) is 6.48. The van der Waals surface area contributed by atoms with Gasteiger partial charge in [-0.15, -0.1) is 0 Å². The number of aromatic nitrogens is 2. The lowest BCUT2D eigenvalue weighted by Crippen LogP contribution is -2.62. The van der Waals surface area contributed by atoms with Crippen molar-refractivity contribution in [1.29, 1.82) is 0 Å². The van der Waals surface area contributed by atoms with E-state index in [1.165, 1.54) is 12.1 Å². The van der Waals surface area contributed by atoms with Gasteiger partial charge in [0.25, 0.3) is 11.8 Å². The lowest BCUT2D eigenvalue weighted by molar-refractivity contribution is -0.163. The van der Waals surface area contributed by atoms with E-state index in [4.69, 9.17) is 9.84 Å². The maximum absolute atomic E-state index is 15.4. The number of carbonyl (C=O) groups excluding carboxylic acids is 2. The minimum absolute atomic E-state index is 0.0326. The van der Waals surface area contributed by atoms with E-state index in [1.54, 1.807) is 0 Å². The highest BCUT2D eigenvalue weighted by Gasteiger charge is 2.53. The van der Waals surface area contributed by atoms with Crippen molar-refractivity contribution >= 4 is 23.5 Å². The monoisotopic (exact) mass is 771 g/mol. The van der Waals surface area contributed by atoms with Crippen molar-refractivity contribution in [2.45, 2.75) is 75.8 Å². The van der Waals surface area contributed by atoms with Crippen molar-refractivity contribution in [2.24, 2.45) is 0 Å². The number of carboxylic acid groups (broad SMARTS) is 1. The lowest BCUT2D eigenvalue weighted by atomic mass is 9.88. The smallest absolute Gasteiger partial charge is 0.433 e. The summed E-state index contributed by atoms with van der Waals surface area (Å²) in [5.74, 6) is -7.36. The number of hydrogen-bond donors (Lipinski definition) is 3. The van der Waals surface area contributed by atoms with Crippen LogP contribution in [0.5, 0.6) is 5.75 Å². The van der Waals surface area contributed by atoms with Gasteiger partial charge in [-0.25, -0.2) is 19.4 Å². The van der Waals surface area contributed by atoms with Gasteiger partial charge in [0.1, 0.15) is 23.4 Å². The average molecular weight is 772 g/mol. The molecule has 3 aromatic rings. The molecule has 1 spiro atoms. The summed E-state index contributed by atoms with van der Waals surface area (Å²) >= 11 is 0. The number of rotatable bonds is 12. The number of hydrazine groups is 1. The number of aliphatic carboxylic acids is 1. The maximum Gasteiger partial charge on any atom is 0.433 e. The van der Waals surface area contributed by atoms with E-state index in [-0.39, 0.29) is 31.4 Å². The first-order valence-electron chi connectivity index (χ1n) is 16.6. The summed E-state index contributed by atoms with van der Waals surface area (Å²) in [6.07, 6.45) is -6.87. The number of anilines is 1. The van der Waals surface area contributed by atoms with Crippen molar-refractivity contribution < 1.29 is 64.5 Å². The van der Waals surface area contributed by atoms with Crippen LogP contribution < -0.4 is 10.1 Å². The Bertz CT molecular complexity index is 1960. The summed E-state index contributed by atoms with van der Waals surface area (Å²) in [5, 5.41) is 24.7. The van der Waals surface area contributed by atoms with Crippen LogP contribution in [0.3, 0.4) is 0 Å². The van der Waals surface area contributed by atoms with E-state index in [2.05, 4.69) is 15.3 Å². The molecule has 2 heterocycles. The molecule has 1 aromatic heterocycles. The standard InChI is InChI=1S/C35H33F8N5O6/c1-47-33(12-4-5-13-33)30(51)27(32(53)48(47)17-19-8-11-24(29(37)28(19)36)54-14-6-2-3-7-26(49)50)31(52)46-22-10-9-20(34(38,39)40)15-21(22)23-16-25(35(41,42)43)45-18-44-23/h8-11,15-16,18,51H,2-7,12-14,17H2,1H3,(H,46,52)(H,49,50). The third-order valence-corrected chi connectivity index (χ3v) is 9.33. The van der Waals surface area contributed by atoms with E-state index in [1.807, 2.05) is 0 Å². The van der Waals surface area contributed by atoms with Crippen LogP contribution >= 0.6 is 0 Å². The third kappa shape index (κ3) is 8.24. The predicted molar refractivity (Wildman–Crippen MR) is 173 cm³/mol. The van der Waals surface area contributed by atoms with Gasteiger partial charge in [-0.05, 0) is 62.4 Å². The molecule has 290 valence electrons. The first-order valence-corrected chi connectivity index (χ1v) is 16.6. The minimum Gasteiger partial charge on any atom is -0.509 e. The number of aliphatic hydroxyl groups excluding tert-OH is 1. The van der Waals surface area contributed by atoms with Gasteiger partial charge in [0.15, 0.2) is 11.6 Å². The number of aliphatic hydroxyl groups is 1. The van der Waals surface area contributed by atoms with Gasteiger partial charge in [-0.2, -0.15) is 30.7 Å². The minimum atomic E-state index is -5.00. The first kappa shape index (κ1) is 39.9. The average Bonchev–Trinajstić information content (AvgIpc) is 3.61. The Balaban J connectivity index is 1.46. The van der Waals surface area contributed by atoms with Crippen LogP contribution in [0.4, 0.5) is 40.8 Å². The van der Waals surface area contributed by atoms with Gasteiger partial charge in [0, 0.05) is 24.6 Å². The molecule has 0 atom stereocenters. The van der Waals surface area contributed by atoms with Crippen molar-refractivity contribution in [2.75, 3.05) is 19.0 Å². The zero-order chi connectivity index (χ0) is 39.6. The summed E-state index contributed by atoms with van der Waals surface area (Å²) in [4.78, 5) is 45.3. The summed E-state index contributed by atoms with van der Waals surface area (Å²) < 4.78 is 117. The third-order valence-electron chi connectivity index (χ3n) is 9.33. The zero-order valence-electron chi connectivity index (χ0n) is 28.5. The molecule has 0 saturated heterocycles. The molecule has 5 rings (SSSR count). The topological polar surface area (TPSA) is 145 Å². The Morgan fingerprint density at radius 1 is 0.944 bits per heavy atom. The highest BCUT2D eigenvalue weighted by atomic mass is 19.4. The van der Waals surface area contributed by atoms with Crippen LogP contribution in [0, 0.1) is 11.6 Å². The van der Waals surface area contributed by atoms with Gasteiger partial charge in [-0.1, -0.05) is 18.9 Å². The van der Waals surface area contributed by atoms with Gasteiger partial charge >= 0.3 is 18.3 Å². The molecule has 1 saturated carbocycles. The molecule has 19 heteroatoms. The second-order valence-corrected chi connectivity index (χ2v) is 12.8. The predicted octanol–water partition coefficient (Wildman–Crippen LogP) is 7.44. The van der Waals surface area contributed by atoms with Gasteiger partial charge < -0.3 is 20.3 Å². The van der Waals surface area contributed by atoms with E-state index in [0.717, 1.165) is 23.2 Å². The molecule has 1 aliphatic heterocycles. The summed E-state index contributed by atoms with van der Waals surface area (Å²) in [6.45, 7) is -0.679. The van der Waals surface area contributed by atoms with E-state index in [0.29, 0.717) is 56.6 Å². The van der Waals surface area contributed by atoms with E-state index >= 15 is 8.78 Å². The number of alkyl halides is 6. The van der Waals surface area contributed by atoms with Crippen LogP contribution in [0.1, 0.15) is 68.2 Å². The first-order chi connectivity index (χ1) is 25.3. The van der Waals surface area contributed by atoms with Gasteiger partial charge in [-0.3, -0.25) is 19.4 Å². The number of halogens is 8. The number of ether oxygens (including phenoxy) is 1. The number of amides is 2. The van der Waals surface area contributed by atoms with Crippen LogP contribution in [0.25, 0.3) is 11.3 Å². The number of likely N-dealkylation sites (N-methyl/N-ethyl adjacent to an activating group) is 1. The largest absolute Gasteiger partial charge is 0.509 e. The molecule has 2 aromatic carbocycles. The Labute approximate surface area is 302 Å². The molecule has 0 unspecified atom stereocenters. The fourth-order valence-corrected chi connectivity index (χ4v) is 6.48. The van der Waals surface area contributed by atoms with Crippen molar-refractivity contribution in [3.05, 3.63) is 82.5 Å². The molecular weight excluding hydrogens is 738 g/mol. The number of hydrogen-bond acceptors (Lipinski definition) is 8. The number of benzene rings is 2. The lowest BCUT2D eigenvalue weighted by Gasteiger charge is -2.48. The number of carbonyl (C=O) groups is 3. The van der Waals surface area contributed by atoms with Crippen LogP contribution in [-0.4, -0.2) is 67.2 Å². The Morgan fingerprint density at radius 2 is 1.65 bits per heavy atom. The van der Waals surface area contributed by atoms with Crippen LogP contribution in [0.15, 0.2) is 54.1 Å². The molecule has 1 aliphatic carbocycles. The molecule has 2 amide bonds. The molecular formula is C35H33F8N5O6. The number of nitrogens with zero attached hydrogens (tertiary/aromatic N) is 4. The molecule has 1 fully saturated rings. The fraction of sp³-hybridized carbons (Fsp3) is 0.400. The highest BCUT2D eigenvalue weighted by Crippen LogP contribution is 2.45.